The average molecular weight is 552 g/mol. The van der Waals surface area contributed by atoms with E-state index in [0.717, 1.165) is 43.5 Å². The molecular weight excluding hydrogens is 537 g/mol. The van der Waals surface area contributed by atoms with Gasteiger partial charge in [0.05, 0.1) is 28.7 Å². The normalized spacial score (nSPS) is 12.2. The van der Waals surface area contributed by atoms with E-state index >= 15 is 0 Å². The summed E-state index contributed by atoms with van der Waals surface area (Å²) in [5.74, 6) is -4.69. The molecule has 0 aromatic heterocycles. The zero-order valence-electron chi connectivity index (χ0n) is 18.4. The first-order chi connectivity index (χ1) is 17.0. The number of rotatable bonds is 6. The largest absolute Gasteiger partial charge is 0.494 e. The molecule has 0 saturated heterocycles. The van der Waals surface area contributed by atoms with Crippen LogP contribution in [0.2, 0.25) is 0 Å². The second-order valence-corrected chi connectivity index (χ2v) is 8.88. The minimum Gasteiger partial charge on any atom is -0.494 e. The van der Waals surface area contributed by atoms with Crippen LogP contribution >= 0.6 is 0 Å². The molecule has 0 saturated carbocycles. The van der Waals surface area contributed by atoms with Crippen LogP contribution in [0.15, 0.2) is 59.5 Å². The summed E-state index contributed by atoms with van der Waals surface area (Å²) in [4.78, 5) is 12.4. The quantitative estimate of drug-likeness (QED) is 0.389. The van der Waals surface area contributed by atoms with Crippen molar-refractivity contribution in [3.05, 3.63) is 77.1 Å². The number of sulfonamides is 1. The average Bonchev–Trinajstić information content (AvgIpc) is 2.77. The van der Waals surface area contributed by atoms with Crippen LogP contribution < -0.4 is 19.9 Å². The van der Waals surface area contributed by atoms with Crippen molar-refractivity contribution in [3.8, 4) is 17.2 Å². The van der Waals surface area contributed by atoms with Gasteiger partial charge in [0, 0.05) is 11.8 Å². The highest BCUT2D eigenvalue weighted by molar-refractivity contribution is 7.89. The molecule has 198 valence electrons. The van der Waals surface area contributed by atoms with E-state index in [2.05, 4.69) is 0 Å². The van der Waals surface area contributed by atoms with Crippen LogP contribution in [0, 0.1) is 5.82 Å². The third-order valence-electron chi connectivity index (χ3n) is 4.73. The molecule has 0 aliphatic rings. The van der Waals surface area contributed by atoms with Gasteiger partial charge in [-0.15, -0.1) is 0 Å². The van der Waals surface area contributed by atoms with Crippen molar-refractivity contribution < 1.29 is 53.4 Å². The van der Waals surface area contributed by atoms with Crippen molar-refractivity contribution in [1.29, 1.82) is 0 Å². The van der Waals surface area contributed by atoms with Gasteiger partial charge in [-0.25, -0.2) is 17.9 Å². The molecule has 0 atom stereocenters. The number of ether oxygens (including phenoxy) is 2. The fourth-order valence-corrected chi connectivity index (χ4v) is 3.66. The van der Waals surface area contributed by atoms with Crippen molar-refractivity contribution in [3.63, 3.8) is 0 Å². The monoisotopic (exact) mass is 552 g/mol. The predicted molar refractivity (Wildman–Crippen MR) is 115 cm³/mol. The Morgan fingerprint density at radius 1 is 0.919 bits per heavy atom. The Bertz CT molecular complexity index is 1450. The molecule has 0 spiro atoms. The lowest BCUT2D eigenvalue weighted by Crippen LogP contribution is -2.22. The van der Waals surface area contributed by atoms with Crippen LogP contribution in [-0.4, -0.2) is 21.4 Å². The number of carbonyl (C=O) groups excluding carboxylic acids is 1. The number of amides is 1. The lowest BCUT2D eigenvalue weighted by Gasteiger charge is -2.20. The minimum atomic E-state index is -5.47. The SMILES string of the molecule is COc1ccc(Oc2cc(C(F)(F)F)cc(C(F)(F)F)c2C(=O)Nc2cccc(S(N)(=O)=O)c2)cc1F. The van der Waals surface area contributed by atoms with Crippen LogP contribution in [0.1, 0.15) is 21.5 Å². The first-order valence-corrected chi connectivity index (χ1v) is 11.3. The summed E-state index contributed by atoms with van der Waals surface area (Å²) >= 11 is 0. The van der Waals surface area contributed by atoms with Gasteiger partial charge in [-0.1, -0.05) is 6.07 Å². The number of hydrogen-bond donors (Lipinski definition) is 2. The molecule has 3 N–H and O–H groups in total. The van der Waals surface area contributed by atoms with Crippen molar-refractivity contribution in [2.75, 3.05) is 12.4 Å². The number of alkyl halides is 6. The van der Waals surface area contributed by atoms with Crippen molar-refractivity contribution in [2.45, 2.75) is 17.2 Å². The van der Waals surface area contributed by atoms with E-state index in [9.17, 15) is 43.9 Å². The Hall–Kier alpha value is -3.85. The lowest BCUT2D eigenvalue weighted by atomic mass is 10.0. The molecular formula is C22H15F7N2O5S. The molecule has 1 amide bonds. The predicted octanol–water partition coefficient (Wildman–Crippen LogP) is 5.56. The van der Waals surface area contributed by atoms with Gasteiger partial charge in [0.25, 0.3) is 5.91 Å². The number of carbonyl (C=O) groups is 1. The summed E-state index contributed by atoms with van der Waals surface area (Å²) in [5.41, 5.74) is -5.52. The smallest absolute Gasteiger partial charge is 0.417 e. The Balaban J connectivity index is 2.19. The van der Waals surface area contributed by atoms with Gasteiger partial charge < -0.3 is 14.8 Å². The first-order valence-electron chi connectivity index (χ1n) is 9.78. The molecule has 15 heteroatoms. The standard InChI is InChI=1S/C22H15F7N2O5S/c1-35-17-6-5-13(10-16(17)23)36-18-8-11(21(24,25)26)7-15(22(27,28)29)19(18)20(32)31-12-3-2-4-14(9-12)37(30,33)34/h2-10H,1H3,(H,31,32)(H2,30,33,34). The van der Waals surface area contributed by atoms with Crippen LogP contribution in [0.4, 0.5) is 36.4 Å². The second-order valence-electron chi connectivity index (χ2n) is 7.32. The number of anilines is 1. The summed E-state index contributed by atoms with van der Waals surface area (Å²) in [7, 11) is -3.14. The van der Waals surface area contributed by atoms with E-state index in [1.165, 1.54) is 0 Å². The number of benzene rings is 3. The number of nitrogens with one attached hydrogen (secondary N) is 1. The van der Waals surface area contributed by atoms with Crippen molar-refractivity contribution in [1.82, 2.24) is 0 Å². The maximum atomic E-state index is 14.1. The fraction of sp³-hybridized carbons (Fsp3) is 0.136. The third kappa shape index (κ3) is 6.48. The van der Waals surface area contributed by atoms with Crippen LogP contribution in [0.3, 0.4) is 0 Å². The second kappa shape index (κ2) is 9.89. The molecule has 0 unspecified atom stereocenters. The minimum absolute atomic E-state index is 0.146. The first kappa shape index (κ1) is 27.7. The van der Waals surface area contributed by atoms with Gasteiger partial charge in [0.1, 0.15) is 11.5 Å². The highest BCUT2D eigenvalue weighted by atomic mass is 32.2. The van der Waals surface area contributed by atoms with Gasteiger partial charge in [-0.05, 0) is 42.5 Å². The van der Waals surface area contributed by atoms with E-state index in [4.69, 9.17) is 14.6 Å². The Kier molecular flexibility index (Phi) is 7.42. The zero-order chi connectivity index (χ0) is 27.8. The van der Waals surface area contributed by atoms with E-state index < -0.39 is 67.2 Å². The molecule has 0 radical (unpaired) electrons. The summed E-state index contributed by atoms with van der Waals surface area (Å²) in [6, 6.07) is 6.57. The van der Waals surface area contributed by atoms with Crippen molar-refractivity contribution >= 4 is 21.6 Å². The third-order valence-corrected chi connectivity index (χ3v) is 5.64. The molecule has 37 heavy (non-hydrogen) atoms. The van der Waals surface area contributed by atoms with Crippen LogP contribution in [-0.2, 0) is 22.4 Å². The molecule has 3 rings (SSSR count). The Morgan fingerprint density at radius 3 is 2.14 bits per heavy atom. The summed E-state index contributed by atoms with van der Waals surface area (Å²) in [6.45, 7) is 0. The van der Waals surface area contributed by atoms with Gasteiger partial charge in [0.2, 0.25) is 10.0 Å². The highest BCUT2D eigenvalue weighted by Gasteiger charge is 2.42. The highest BCUT2D eigenvalue weighted by Crippen LogP contribution is 2.43. The zero-order valence-corrected chi connectivity index (χ0v) is 19.2. The van der Waals surface area contributed by atoms with E-state index in [1.807, 2.05) is 5.32 Å². The van der Waals surface area contributed by atoms with E-state index in [1.54, 1.807) is 0 Å². The number of primary sulfonamides is 1. The van der Waals surface area contributed by atoms with Gasteiger partial charge in [-0.3, -0.25) is 4.79 Å². The lowest BCUT2D eigenvalue weighted by molar-refractivity contribution is -0.143. The van der Waals surface area contributed by atoms with Gasteiger partial charge in [0.15, 0.2) is 11.6 Å². The number of halogens is 7. The van der Waals surface area contributed by atoms with Gasteiger partial charge in [-0.2, -0.15) is 26.3 Å². The Labute approximate surface area is 204 Å². The summed E-state index contributed by atoms with van der Waals surface area (Å²) in [5, 5.41) is 6.98. The molecule has 0 bridgehead atoms. The number of hydrogen-bond acceptors (Lipinski definition) is 5. The molecule has 7 nitrogen and oxygen atoms in total. The topological polar surface area (TPSA) is 108 Å². The van der Waals surface area contributed by atoms with E-state index in [0.29, 0.717) is 6.07 Å². The molecule has 3 aromatic rings. The van der Waals surface area contributed by atoms with E-state index in [-0.39, 0.29) is 23.6 Å². The maximum Gasteiger partial charge on any atom is 0.417 e. The fourth-order valence-electron chi connectivity index (χ4n) is 3.10. The summed E-state index contributed by atoms with van der Waals surface area (Å²) in [6.07, 6.45) is -10.7. The maximum absolute atomic E-state index is 14.1. The molecule has 0 aliphatic carbocycles. The molecule has 0 fully saturated rings. The van der Waals surface area contributed by atoms with Crippen LogP contribution in [0.25, 0.3) is 0 Å². The summed E-state index contributed by atoms with van der Waals surface area (Å²) < 4.78 is 129. The number of methoxy groups -OCH3 is 1. The Morgan fingerprint density at radius 2 is 1.59 bits per heavy atom. The van der Waals surface area contributed by atoms with Crippen LogP contribution in [0.5, 0.6) is 17.2 Å². The van der Waals surface area contributed by atoms with Gasteiger partial charge >= 0.3 is 12.4 Å². The number of nitrogens with two attached hydrogens (primary N) is 1. The van der Waals surface area contributed by atoms with Crippen molar-refractivity contribution in [2.24, 2.45) is 5.14 Å². The molecule has 0 heterocycles. The molecule has 0 aliphatic heterocycles. The molecule has 3 aromatic carbocycles.